The number of pyridine rings is 2. The van der Waals surface area contributed by atoms with Crippen LogP contribution in [0, 0.1) is 10.8 Å². The van der Waals surface area contributed by atoms with E-state index in [9.17, 15) is 22.8 Å². The maximum Gasteiger partial charge on any atom is 0.403 e. The first-order valence-electron chi connectivity index (χ1n) is 15.2. The van der Waals surface area contributed by atoms with Gasteiger partial charge >= 0.3 is 6.18 Å². The van der Waals surface area contributed by atoms with E-state index in [2.05, 4.69) is 20.1 Å². The van der Waals surface area contributed by atoms with Crippen LogP contribution >= 0.6 is 0 Å². The van der Waals surface area contributed by atoms with Crippen molar-refractivity contribution in [3.63, 3.8) is 0 Å². The minimum atomic E-state index is -4.54. The van der Waals surface area contributed by atoms with Crippen molar-refractivity contribution in [1.82, 2.24) is 25.1 Å². The summed E-state index contributed by atoms with van der Waals surface area (Å²) in [6.45, 7) is 5.68. The van der Waals surface area contributed by atoms with Gasteiger partial charge in [-0.3, -0.25) is 9.59 Å². The summed E-state index contributed by atoms with van der Waals surface area (Å²) in [6, 6.07) is 7.39. The Kier molecular flexibility index (Phi) is 7.76. The van der Waals surface area contributed by atoms with Crippen LogP contribution in [0.15, 0.2) is 30.5 Å². The number of likely N-dealkylation sites (tertiary alicyclic amines) is 2. The van der Waals surface area contributed by atoms with E-state index >= 15 is 0 Å². The highest BCUT2D eigenvalue weighted by atomic mass is 19.4. The molecule has 0 bridgehead atoms. The molecule has 4 fully saturated rings. The molecule has 5 heterocycles. The van der Waals surface area contributed by atoms with E-state index in [1.165, 1.54) is 4.90 Å². The summed E-state index contributed by atoms with van der Waals surface area (Å²) in [6.07, 6.45) is -0.807. The van der Waals surface area contributed by atoms with Crippen molar-refractivity contribution < 1.29 is 27.5 Å². The number of likely N-dealkylation sites (N-methyl/N-ethyl adjacent to an activating group) is 1. The summed E-state index contributed by atoms with van der Waals surface area (Å²) in [5, 5.41) is 3.14. The van der Waals surface area contributed by atoms with Crippen LogP contribution in [0.3, 0.4) is 0 Å². The Bertz CT molecular complexity index is 1370. The van der Waals surface area contributed by atoms with Crippen molar-refractivity contribution in [1.29, 1.82) is 0 Å². The average molecular weight is 601 g/mol. The summed E-state index contributed by atoms with van der Waals surface area (Å²) in [5.74, 6) is -0.593. The minimum absolute atomic E-state index is 0.0156. The van der Waals surface area contributed by atoms with Crippen molar-refractivity contribution in [3.05, 3.63) is 36.2 Å². The number of halogens is 3. The third kappa shape index (κ3) is 5.42. The summed E-state index contributed by atoms with van der Waals surface area (Å²) in [5.41, 5.74) is -0.327. The molecule has 12 heteroatoms. The topological polar surface area (TPSA) is 90.9 Å². The molecule has 2 amide bonds. The molecule has 1 saturated carbocycles. The lowest BCUT2D eigenvalue weighted by Gasteiger charge is -2.50. The van der Waals surface area contributed by atoms with E-state index in [0.29, 0.717) is 80.6 Å². The molecule has 1 aliphatic carbocycles. The standard InChI is InChI=1S/C31H39F3N6O3/c1-3-43-27-22(7-6-14-35-27)23-8-9-24(25(37-23)26(41)36-21-10-15-38(2)17-21)40-19-29(20-40)13-16-39(18-29)28(42)30(31(32,33)34)11-4-5-12-30/h6-9,14,21H,3-5,10-13,15-20H2,1-2H3,(H,36,41). The lowest BCUT2D eigenvalue weighted by atomic mass is 9.78. The van der Waals surface area contributed by atoms with Gasteiger partial charge in [0.05, 0.1) is 23.6 Å². The molecule has 1 atom stereocenters. The van der Waals surface area contributed by atoms with Gasteiger partial charge < -0.3 is 24.8 Å². The van der Waals surface area contributed by atoms with Crippen LogP contribution in [0.5, 0.6) is 5.88 Å². The number of carbonyl (C=O) groups excluding carboxylic acids is 2. The maximum absolute atomic E-state index is 14.1. The molecule has 9 nitrogen and oxygen atoms in total. The molecule has 1 spiro atoms. The highest BCUT2D eigenvalue weighted by Gasteiger charge is 2.63. The highest BCUT2D eigenvalue weighted by Crippen LogP contribution is 2.53. The molecule has 232 valence electrons. The number of carbonyl (C=O) groups is 2. The van der Waals surface area contributed by atoms with Gasteiger partial charge in [0.15, 0.2) is 5.69 Å². The van der Waals surface area contributed by atoms with Crippen LogP contribution in [0.1, 0.15) is 55.9 Å². The fourth-order valence-corrected chi connectivity index (χ4v) is 7.37. The Balaban J connectivity index is 1.23. The molecule has 6 rings (SSSR count). The zero-order valence-corrected chi connectivity index (χ0v) is 24.8. The predicted octanol–water partition coefficient (Wildman–Crippen LogP) is 4.14. The monoisotopic (exact) mass is 600 g/mol. The first-order valence-corrected chi connectivity index (χ1v) is 15.2. The number of aromatic nitrogens is 2. The quantitative estimate of drug-likeness (QED) is 0.511. The molecular weight excluding hydrogens is 561 g/mol. The number of nitrogens with zero attached hydrogens (tertiary/aromatic N) is 5. The number of ether oxygens (including phenoxy) is 1. The predicted molar refractivity (Wildman–Crippen MR) is 155 cm³/mol. The summed E-state index contributed by atoms with van der Waals surface area (Å²) >= 11 is 0. The largest absolute Gasteiger partial charge is 0.477 e. The minimum Gasteiger partial charge on any atom is -0.477 e. The van der Waals surface area contributed by atoms with Crippen LogP contribution < -0.4 is 15.0 Å². The molecule has 0 radical (unpaired) electrons. The zero-order chi connectivity index (χ0) is 30.4. The lowest BCUT2D eigenvalue weighted by Crippen LogP contribution is -2.59. The second-order valence-corrected chi connectivity index (χ2v) is 12.7. The summed E-state index contributed by atoms with van der Waals surface area (Å²) in [7, 11) is 2.02. The second kappa shape index (κ2) is 11.3. The Morgan fingerprint density at radius 3 is 2.53 bits per heavy atom. The molecule has 3 saturated heterocycles. The van der Waals surface area contributed by atoms with Gasteiger partial charge in [0, 0.05) is 50.4 Å². The molecule has 1 N–H and O–H groups in total. The molecule has 0 aromatic carbocycles. The first-order chi connectivity index (χ1) is 20.5. The molecule has 1 unspecified atom stereocenters. The fraction of sp³-hybridized carbons (Fsp3) is 0.613. The van der Waals surface area contributed by atoms with Crippen LogP contribution in [0.4, 0.5) is 18.9 Å². The van der Waals surface area contributed by atoms with Gasteiger partial charge in [0.25, 0.3) is 5.91 Å². The summed E-state index contributed by atoms with van der Waals surface area (Å²) in [4.78, 5) is 41.8. The Morgan fingerprint density at radius 2 is 1.86 bits per heavy atom. The number of nitrogens with one attached hydrogen (secondary N) is 1. The van der Waals surface area contributed by atoms with Crippen molar-refractivity contribution in [2.24, 2.45) is 10.8 Å². The van der Waals surface area contributed by atoms with Gasteiger partial charge in [-0.25, -0.2) is 9.97 Å². The number of amides is 2. The van der Waals surface area contributed by atoms with E-state index in [0.717, 1.165) is 19.5 Å². The van der Waals surface area contributed by atoms with Crippen molar-refractivity contribution in [2.75, 3.05) is 57.8 Å². The van der Waals surface area contributed by atoms with Gasteiger partial charge in [-0.05, 0) is 70.5 Å². The molecule has 2 aromatic heterocycles. The number of alkyl halides is 3. The van der Waals surface area contributed by atoms with Gasteiger partial charge in [0.2, 0.25) is 11.8 Å². The zero-order valence-electron chi connectivity index (χ0n) is 24.8. The number of anilines is 1. The van der Waals surface area contributed by atoms with Gasteiger partial charge in [-0.2, -0.15) is 13.2 Å². The molecule has 3 aliphatic heterocycles. The van der Waals surface area contributed by atoms with Crippen molar-refractivity contribution in [3.8, 4) is 17.1 Å². The maximum atomic E-state index is 14.1. The van der Waals surface area contributed by atoms with E-state index in [4.69, 9.17) is 9.72 Å². The average Bonchev–Trinajstić information content (AvgIpc) is 3.72. The first kappa shape index (κ1) is 29.7. The van der Waals surface area contributed by atoms with Gasteiger partial charge in [0.1, 0.15) is 5.41 Å². The Labute approximate surface area is 249 Å². The van der Waals surface area contributed by atoms with Crippen LogP contribution in [0.25, 0.3) is 11.3 Å². The third-order valence-corrected chi connectivity index (χ3v) is 9.67. The molecule has 4 aliphatic rings. The van der Waals surface area contributed by atoms with Crippen LogP contribution in [-0.4, -0.2) is 96.7 Å². The molecular formula is C31H39F3N6O3. The fourth-order valence-electron chi connectivity index (χ4n) is 7.37. The number of hydrogen-bond acceptors (Lipinski definition) is 7. The molecule has 43 heavy (non-hydrogen) atoms. The normalized spacial score (nSPS) is 23.0. The highest BCUT2D eigenvalue weighted by molar-refractivity contribution is 5.99. The van der Waals surface area contributed by atoms with Gasteiger partial charge in [-0.15, -0.1) is 0 Å². The Hall–Kier alpha value is -3.41. The third-order valence-electron chi connectivity index (χ3n) is 9.67. The lowest BCUT2D eigenvalue weighted by molar-refractivity contribution is -0.225. The van der Waals surface area contributed by atoms with E-state index in [1.807, 2.05) is 32.2 Å². The van der Waals surface area contributed by atoms with Crippen molar-refractivity contribution >= 4 is 17.5 Å². The summed E-state index contributed by atoms with van der Waals surface area (Å²) < 4.78 is 48.0. The van der Waals surface area contributed by atoms with Gasteiger partial charge in [-0.1, -0.05) is 12.8 Å². The van der Waals surface area contributed by atoms with E-state index in [1.54, 1.807) is 12.3 Å². The number of rotatable bonds is 7. The van der Waals surface area contributed by atoms with Crippen LogP contribution in [0.2, 0.25) is 0 Å². The number of hydrogen-bond donors (Lipinski definition) is 1. The second-order valence-electron chi connectivity index (χ2n) is 12.7. The van der Waals surface area contributed by atoms with Crippen LogP contribution in [-0.2, 0) is 4.79 Å². The SMILES string of the molecule is CCOc1ncccc1-c1ccc(N2CC3(CCN(C(=O)C4(C(F)(F)F)CCCC4)C3)C2)c(C(=O)NC2CCN(C)C2)n1. The Morgan fingerprint density at radius 1 is 1.09 bits per heavy atom. The van der Waals surface area contributed by atoms with Crippen molar-refractivity contribution in [2.45, 2.75) is 57.7 Å². The van der Waals surface area contributed by atoms with E-state index in [-0.39, 0.29) is 30.2 Å². The molecule has 2 aromatic rings. The van der Waals surface area contributed by atoms with E-state index < -0.39 is 17.5 Å². The smallest absolute Gasteiger partial charge is 0.403 e.